The zero-order chi connectivity index (χ0) is 20.0. The van der Waals surface area contributed by atoms with E-state index in [0.29, 0.717) is 26.3 Å². The molecule has 2 rings (SSSR count). The van der Waals surface area contributed by atoms with E-state index in [1.807, 2.05) is 24.3 Å². The monoisotopic (exact) mass is 514 g/mol. The first-order valence-corrected chi connectivity index (χ1v) is 9.28. The molecule has 0 amide bonds. The summed E-state index contributed by atoms with van der Waals surface area (Å²) in [5, 5.41) is 9.84. The second kappa shape index (κ2) is 14.7. The molecule has 7 nitrogen and oxygen atoms in total. The second-order valence-electron chi connectivity index (χ2n) is 5.99. The van der Waals surface area contributed by atoms with Gasteiger partial charge in [-0.05, 0) is 42.0 Å². The average molecular weight is 514 g/mol. The zero-order valence-corrected chi connectivity index (χ0v) is 19.6. The number of anilines is 1. The van der Waals surface area contributed by atoms with Gasteiger partial charge in [-0.1, -0.05) is 12.1 Å². The lowest BCUT2D eigenvalue weighted by Gasteiger charge is -2.13. The number of halogens is 1. The fourth-order valence-corrected chi connectivity index (χ4v) is 2.45. The third-order valence-electron chi connectivity index (χ3n) is 4.00. The van der Waals surface area contributed by atoms with Crippen LogP contribution in [0.5, 0.6) is 11.5 Å². The molecule has 0 saturated carbocycles. The first-order valence-electron chi connectivity index (χ1n) is 9.28. The molecule has 29 heavy (non-hydrogen) atoms. The van der Waals surface area contributed by atoms with Gasteiger partial charge in [0.05, 0.1) is 20.3 Å². The number of ether oxygens (including phenoxy) is 3. The number of aliphatic imine (C=N–C) groups is 1. The number of hydrogen-bond acceptors (Lipinski definition) is 5. The minimum Gasteiger partial charge on any atom is -0.497 e. The van der Waals surface area contributed by atoms with E-state index in [4.69, 9.17) is 14.2 Å². The summed E-state index contributed by atoms with van der Waals surface area (Å²) in [5.74, 6) is 2.36. The minimum atomic E-state index is 0. The summed E-state index contributed by atoms with van der Waals surface area (Å²) in [7, 11) is 5.09. The van der Waals surface area contributed by atoms with Gasteiger partial charge >= 0.3 is 0 Å². The van der Waals surface area contributed by atoms with Crippen molar-refractivity contribution in [2.75, 3.05) is 52.9 Å². The average Bonchev–Trinajstić information content (AvgIpc) is 2.75. The molecule has 3 N–H and O–H groups in total. The minimum absolute atomic E-state index is 0. The number of methoxy groups -OCH3 is 2. The van der Waals surface area contributed by atoms with Crippen molar-refractivity contribution in [2.45, 2.75) is 6.54 Å². The molecule has 0 aliphatic carbocycles. The van der Waals surface area contributed by atoms with Gasteiger partial charge in [0.15, 0.2) is 5.96 Å². The molecule has 8 heteroatoms. The van der Waals surface area contributed by atoms with Gasteiger partial charge in [-0.3, -0.25) is 4.99 Å². The molecule has 0 aliphatic heterocycles. The highest BCUT2D eigenvalue weighted by atomic mass is 127. The summed E-state index contributed by atoms with van der Waals surface area (Å²) in [6, 6.07) is 15.8. The van der Waals surface area contributed by atoms with Crippen LogP contribution in [0, 0.1) is 0 Å². The Morgan fingerprint density at radius 1 is 0.862 bits per heavy atom. The van der Waals surface area contributed by atoms with Crippen LogP contribution in [0.2, 0.25) is 0 Å². The molecule has 0 unspecified atom stereocenters. The molecule has 2 aromatic rings. The van der Waals surface area contributed by atoms with Crippen LogP contribution in [0.3, 0.4) is 0 Å². The van der Waals surface area contributed by atoms with E-state index in [0.717, 1.165) is 29.7 Å². The van der Waals surface area contributed by atoms with Crippen LogP contribution in [0.4, 0.5) is 5.69 Å². The van der Waals surface area contributed by atoms with Crippen LogP contribution in [0.1, 0.15) is 5.56 Å². The Labute approximate surface area is 190 Å². The topological polar surface area (TPSA) is 76.1 Å². The summed E-state index contributed by atoms with van der Waals surface area (Å²) in [6.45, 7) is 3.36. The third kappa shape index (κ3) is 9.71. The van der Waals surface area contributed by atoms with Crippen LogP contribution in [0.25, 0.3) is 0 Å². The first-order chi connectivity index (χ1) is 13.7. The normalized spacial score (nSPS) is 10.7. The Morgan fingerprint density at radius 2 is 1.55 bits per heavy atom. The Morgan fingerprint density at radius 3 is 2.17 bits per heavy atom. The fourth-order valence-electron chi connectivity index (χ4n) is 2.45. The van der Waals surface area contributed by atoms with Gasteiger partial charge in [0.1, 0.15) is 18.1 Å². The van der Waals surface area contributed by atoms with Crippen LogP contribution < -0.4 is 25.4 Å². The van der Waals surface area contributed by atoms with Gasteiger partial charge in [0.2, 0.25) is 0 Å². The van der Waals surface area contributed by atoms with Gasteiger partial charge in [-0.25, -0.2) is 0 Å². The van der Waals surface area contributed by atoms with Crippen LogP contribution in [-0.2, 0) is 11.3 Å². The van der Waals surface area contributed by atoms with Gasteiger partial charge in [0, 0.05) is 32.9 Å². The van der Waals surface area contributed by atoms with Crippen molar-refractivity contribution in [2.24, 2.45) is 4.99 Å². The van der Waals surface area contributed by atoms with E-state index >= 15 is 0 Å². The molecule has 2 aromatic carbocycles. The maximum Gasteiger partial charge on any atom is 0.191 e. The predicted octanol–water partition coefficient (Wildman–Crippen LogP) is 3.12. The molecule has 160 valence electrons. The molecular weight excluding hydrogens is 483 g/mol. The number of nitrogens with one attached hydrogen (secondary N) is 3. The third-order valence-corrected chi connectivity index (χ3v) is 4.00. The Balaban J connectivity index is 0.00000420. The number of hydrogen-bond donors (Lipinski definition) is 3. The van der Waals surface area contributed by atoms with Gasteiger partial charge in [0.25, 0.3) is 0 Å². The molecule has 0 aromatic heterocycles. The Kier molecular flexibility index (Phi) is 12.6. The highest BCUT2D eigenvalue weighted by molar-refractivity contribution is 14.0. The van der Waals surface area contributed by atoms with Crippen LogP contribution in [0.15, 0.2) is 53.5 Å². The molecule has 0 bridgehead atoms. The Hall–Kier alpha value is -2.20. The lowest BCUT2D eigenvalue weighted by molar-refractivity contribution is 0.211. The zero-order valence-electron chi connectivity index (χ0n) is 17.2. The summed E-state index contributed by atoms with van der Waals surface area (Å²) in [6.07, 6.45) is 0. The maximum absolute atomic E-state index is 5.70. The number of benzene rings is 2. The fraction of sp³-hybridized carbons (Fsp3) is 0.381. The highest BCUT2D eigenvalue weighted by Crippen LogP contribution is 2.16. The molecular formula is C21H31IN4O3. The standard InChI is InChI=1S/C21H30N4O3.HI/c1-22-21(24-13-15-28-20-10-8-19(27-3)9-11-20)25-16-17-4-6-18(7-5-17)23-12-14-26-2;/h4-11,23H,12-16H2,1-3H3,(H2,22,24,25);1H. The maximum atomic E-state index is 5.70. The van der Waals surface area contributed by atoms with E-state index in [1.54, 1.807) is 21.3 Å². The van der Waals surface area contributed by atoms with E-state index in [2.05, 4.69) is 45.2 Å². The van der Waals surface area contributed by atoms with Crippen molar-refractivity contribution in [3.8, 4) is 11.5 Å². The van der Waals surface area contributed by atoms with Crippen LogP contribution >= 0.6 is 24.0 Å². The van der Waals surface area contributed by atoms with Crippen molar-refractivity contribution in [1.29, 1.82) is 0 Å². The van der Waals surface area contributed by atoms with Crippen molar-refractivity contribution >= 4 is 35.6 Å². The van der Waals surface area contributed by atoms with Crippen LogP contribution in [-0.4, -0.2) is 53.5 Å². The quantitative estimate of drug-likeness (QED) is 0.185. The molecule has 0 spiro atoms. The van der Waals surface area contributed by atoms with E-state index in [-0.39, 0.29) is 24.0 Å². The number of nitrogens with zero attached hydrogens (tertiary/aromatic N) is 1. The SMILES string of the molecule is CN=C(NCCOc1ccc(OC)cc1)NCc1ccc(NCCOC)cc1.I. The predicted molar refractivity (Wildman–Crippen MR) is 129 cm³/mol. The molecule has 0 radical (unpaired) electrons. The number of rotatable bonds is 11. The summed E-state index contributed by atoms with van der Waals surface area (Å²) in [5.41, 5.74) is 2.26. The second-order valence-corrected chi connectivity index (χ2v) is 5.99. The molecule has 0 atom stereocenters. The Bertz CT molecular complexity index is 709. The van der Waals surface area contributed by atoms with E-state index < -0.39 is 0 Å². The largest absolute Gasteiger partial charge is 0.497 e. The number of guanidine groups is 1. The summed E-state index contributed by atoms with van der Waals surface area (Å²) >= 11 is 0. The smallest absolute Gasteiger partial charge is 0.191 e. The molecule has 0 heterocycles. The summed E-state index contributed by atoms with van der Waals surface area (Å²) < 4.78 is 15.9. The van der Waals surface area contributed by atoms with E-state index in [1.165, 1.54) is 5.56 Å². The first kappa shape index (κ1) is 24.8. The van der Waals surface area contributed by atoms with Gasteiger partial charge < -0.3 is 30.2 Å². The summed E-state index contributed by atoms with van der Waals surface area (Å²) in [4.78, 5) is 4.23. The molecule has 0 aliphatic rings. The van der Waals surface area contributed by atoms with Gasteiger partial charge in [-0.15, -0.1) is 24.0 Å². The van der Waals surface area contributed by atoms with Crippen molar-refractivity contribution in [3.63, 3.8) is 0 Å². The van der Waals surface area contributed by atoms with Crippen molar-refractivity contribution < 1.29 is 14.2 Å². The van der Waals surface area contributed by atoms with Crippen molar-refractivity contribution in [1.82, 2.24) is 10.6 Å². The lowest BCUT2D eigenvalue weighted by Crippen LogP contribution is -2.38. The lowest BCUT2D eigenvalue weighted by atomic mass is 10.2. The highest BCUT2D eigenvalue weighted by Gasteiger charge is 2.00. The van der Waals surface area contributed by atoms with E-state index in [9.17, 15) is 0 Å². The molecule has 0 saturated heterocycles. The van der Waals surface area contributed by atoms with Gasteiger partial charge in [-0.2, -0.15) is 0 Å². The van der Waals surface area contributed by atoms with Crippen molar-refractivity contribution in [3.05, 3.63) is 54.1 Å². The molecule has 0 fully saturated rings.